The third kappa shape index (κ3) is 6.05. The van der Waals surface area contributed by atoms with Gasteiger partial charge >= 0.3 is 0 Å². The fourth-order valence-corrected chi connectivity index (χ4v) is 3.91. The molecular formula is C18H29N3O4S. The monoisotopic (exact) mass is 383 g/mol. The number of carbonyl (C=O) groups is 1. The van der Waals surface area contributed by atoms with Crippen LogP contribution in [0.5, 0.6) is 0 Å². The molecule has 8 heteroatoms. The normalized spacial score (nSPS) is 17.6. The molecule has 7 nitrogen and oxygen atoms in total. The van der Waals surface area contributed by atoms with Crippen LogP contribution in [0.2, 0.25) is 0 Å². The van der Waals surface area contributed by atoms with Crippen molar-refractivity contribution in [2.45, 2.75) is 37.7 Å². The Morgan fingerprint density at radius 1 is 1.23 bits per heavy atom. The van der Waals surface area contributed by atoms with Gasteiger partial charge in [0.2, 0.25) is 10.0 Å². The molecule has 1 aliphatic rings. The van der Waals surface area contributed by atoms with Gasteiger partial charge in [-0.2, -0.15) is 0 Å². The molecule has 2 rings (SSSR count). The molecule has 1 saturated heterocycles. The third-order valence-corrected chi connectivity index (χ3v) is 6.00. The summed E-state index contributed by atoms with van der Waals surface area (Å²) >= 11 is 0. The first-order chi connectivity index (χ1) is 12.5. The third-order valence-electron chi connectivity index (χ3n) is 4.56. The topological polar surface area (TPSA) is 87.7 Å². The molecule has 0 spiro atoms. The lowest BCUT2D eigenvalue weighted by Gasteiger charge is -2.18. The molecule has 1 aromatic carbocycles. The van der Waals surface area contributed by atoms with E-state index in [1.54, 1.807) is 0 Å². The van der Waals surface area contributed by atoms with Crippen molar-refractivity contribution in [2.75, 3.05) is 39.3 Å². The molecule has 26 heavy (non-hydrogen) atoms. The zero-order chi connectivity index (χ0) is 19.0. The molecule has 1 unspecified atom stereocenters. The molecule has 0 saturated carbocycles. The second-order valence-corrected chi connectivity index (χ2v) is 8.06. The van der Waals surface area contributed by atoms with Gasteiger partial charge in [0.25, 0.3) is 5.91 Å². The van der Waals surface area contributed by atoms with E-state index in [0.29, 0.717) is 18.7 Å². The molecular weight excluding hydrogens is 354 g/mol. The highest BCUT2D eigenvalue weighted by Gasteiger charge is 2.20. The maximum absolute atomic E-state index is 12.3. The molecule has 1 aromatic rings. The Kier molecular flexibility index (Phi) is 8.02. The lowest BCUT2D eigenvalue weighted by molar-refractivity contribution is 0.0949. The summed E-state index contributed by atoms with van der Waals surface area (Å²) < 4.78 is 32.6. The number of ether oxygens (including phenoxy) is 1. The minimum absolute atomic E-state index is 0.0550. The van der Waals surface area contributed by atoms with Crippen LogP contribution in [0.1, 0.15) is 37.0 Å². The van der Waals surface area contributed by atoms with Gasteiger partial charge < -0.3 is 15.0 Å². The number of nitrogens with zero attached hydrogens (tertiary/aromatic N) is 1. The van der Waals surface area contributed by atoms with Crippen molar-refractivity contribution in [2.24, 2.45) is 0 Å². The summed E-state index contributed by atoms with van der Waals surface area (Å²) in [5.74, 6) is -0.201. The van der Waals surface area contributed by atoms with E-state index >= 15 is 0 Å². The van der Waals surface area contributed by atoms with Crippen LogP contribution >= 0.6 is 0 Å². The molecule has 1 atom stereocenters. The Balaban J connectivity index is 1.86. The Hall–Kier alpha value is -1.48. The Labute approximate surface area is 156 Å². The first kappa shape index (κ1) is 20.8. The summed E-state index contributed by atoms with van der Waals surface area (Å²) in [6.07, 6.45) is 1.78. The van der Waals surface area contributed by atoms with E-state index in [1.807, 2.05) is 0 Å². The summed E-state index contributed by atoms with van der Waals surface area (Å²) in [5, 5.41) is 2.86. The predicted molar refractivity (Wildman–Crippen MR) is 101 cm³/mol. The van der Waals surface area contributed by atoms with E-state index in [4.69, 9.17) is 4.74 Å². The summed E-state index contributed by atoms with van der Waals surface area (Å²) in [5.41, 5.74) is 0.447. The average Bonchev–Trinajstić information content (AvgIpc) is 3.17. The summed E-state index contributed by atoms with van der Waals surface area (Å²) in [6, 6.07) is 5.98. The van der Waals surface area contributed by atoms with E-state index in [9.17, 15) is 13.2 Å². The number of amides is 1. The van der Waals surface area contributed by atoms with E-state index < -0.39 is 10.0 Å². The van der Waals surface area contributed by atoms with E-state index in [0.717, 1.165) is 32.5 Å². The van der Waals surface area contributed by atoms with Crippen LogP contribution in [0, 0.1) is 0 Å². The fourth-order valence-electron chi connectivity index (χ4n) is 2.85. The van der Waals surface area contributed by atoms with E-state index in [1.165, 1.54) is 24.3 Å². The quantitative estimate of drug-likeness (QED) is 0.634. The van der Waals surface area contributed by atoms with Crippen LogP contribution in [0.4, 0.5) is 0 Å². The van der Waals surface area contributed by atoms with E-state index in [2.05, 4.69) is 28.8 Å². The number of likely N-dealkylation sites (N-methyl/N-ethyl adjacent to an activating group) is 1. The number of benzene rings is 1. The molecule has 0 aromatic heterocycles. The van der Waals surface area contributed by atoms with Crippen LogP contribution in [0.3, 0.4) is 0 Å². The second-order valence-electron chi connectivity index (χ2n) is 6.29. The zero-order valence-corrected chi connectivity index (χ0v) is 16.3. The highest BCUT2D eigenvalue weighted by Crippen LogP contribution is 2.14. The number of carbonyl (C=O) groups excluding carboxylic acids is 1. The van der Waals surface area contributed by atoms with Gasteiger partial charge in [-0.15, -0.1) is 0 Å². The Morgan fingerprint density at radius 3 is 2.50 bits per heavy atom. The standard InChI is InChI=1S/C18H29N3O4S/c1-3-21(4-2)12-11-19-18(22)15-7-9-17(10-8-15)26(23,24)20-14-16-6-5-13-25-16/h7-10,16,20H,3-6,11-14H2,1-2H3,(H,19,22). The highest BCUT2D eigenvalue weighted by molar-refractivity contribution is 7.89. The number of rotatable bonds is 10. The Morgan fingerprint density at radius 2 is 1.92 bits per heavy atom. The number of sulfonamides is 1. The van der Waals surface area contributed by atoms with Crippen molar-refractivity contribution in [3.8, 4) is 0 Å². The molecule has 146 valence electrons. The molecule has 0 aliphatic carbocycles. The molecule has 1 heterocycles. The summed E-state index contributed by atoms with van der Waals surface area (Å²) in [4.78, 5) is 14.5. The van der Waals surface area contributed by atoms with Gasteiger partial charge in [0.15, 0.2) is 0 Å². The van der Waals surface area contributed by atoms with Gasteiger partial charge in [0.05, 0.1) is 11.0 Å². The average molecular weight is 384 g/mol. The predicted octanol–water partition coefficient (Wildman–Crippen LogP) is 1.22. The van der Waals surface area contributed by atoms with Crippen molar-refractivity contribution < 1.29 is 17.9 Å². The molecule has 1 fully saturated rings. The fraction of sp³-hybridized carbons (Fsp3) is 0.611. The largest absolute Gasteiger partial charge is 0.377 e. The summed E-state index contributed by atoms with van der Waals surface area (Å²) in [6.45, 7) is 8.35. The van der Waals surface area contributed by atoms with Crippen LogP contribution in [0.25, 0.3) is 0 Å². The highest BCUT2D eigenvalue weighted by atomic mass is 32.2. The molecule has 0 bridgehead atoms. The first-order valence-electron chi connectivity index (χ1n) is 9.18. The van der Waals surface area contributed by atoms with Gasteiger partial charge in [0.1, 0.15) is 0 Å². The summed E-state index contributed by atoms with van der Waals surface area (Å²) in [7, 11) is -3.59. The molecule has 2 N–H and O–H groups in total. The van der Waals surface area contributed by atoms with Crippen LogP contribution in [0.15, 0.2) is 29.2 Å². The van der Waals surface area contributed by atoms with Crippen molar-refractivity contribution in [3.05, 3.63) is 29.8 Å². The van der Waals surface area contributed by atoms with Crippen LogP contribution in [-0.2, 0) is 14.8 Å². The number of hydrogen-bond donors (Lipinski definition) is 2. The van der Waals surface area contributed by atoms with Crippen molar-refractivity contribution in [1.82, 2.24) is 14.9 Å². The minimum Gasteiger partial charge on any atom is -0.377 e. The lowest BCUT2D eigenvalue weighted by Crippen LogP contribution is -2.34. The van der Waals surface area contributed by atoms with E-state index in [-0.39, 0.29) is 23.5 Å². The van der Waals surface area contributed by atoms with Gasteiger partial charge in [-0.25, -0.2) is 13.1 Å². The van der Waals surface area contributed by atoms with Crippen LogP contribution in [-0.4, -0.2) is 64.7 Å². The maximum Gasteiger partial charge on any atom is 0.251 e. The smallest absolute Gasteiger partial charge is 0.251 e. The molecule has 1 amide bonds. The van der Waals surface area contributed by atoms with Gasteiger partial charge in [-0.1, -0.05) is 13.8 Å². The van der Waals surface area contributed by atoms with Gasteiger partial charge in [0, 0.05) is 31.8 Å². The van der Waals surface area contributed by atoms with Gasteiger partial charge in [-0.05, 0) is 50.2 Å². The van der Waals surface area contributed by atoms with Crippen molar-refractivity contribution >= 4 is 15.9 Å². The molecule has 1 aliphatic heterocycles. The SMILES string of the molecule is CCN(CC)CCNC(=O)c1ccc(S(=O)(=O)NCC2CCCO2)cc1. The molecule has 0 radical (unpaired) electrons. The number of hydrogen-bond acceptors (Lipinski definition) is 5. The van der Waals surface area contributed by atoms with Crippen molar-refractivity contribution in [1.29, 1.82) is 0 Å². The minimum atomic E-state index is -3.59. The number of nitrogens with one attached hydrogen (secondary N) is 2. The van der Waals surface area contributed by atoms with Crippen molar-refractivity contribution in [3.63, 3.8) is 0 Å². The Bertz CT molecular complexity index is 666. The van der Waals surface area contributed by atoms with Gasteiger partial charge in [-0.3, -0.25) is 4.79 Å². The second kappa shape index (κ2) is 10.0. The van der Waals surface area contributed by atoms with Crippen LogP contribution < -0.4 is 10.0 Å². The first-order valence-corrected chi connectivity index (χ1v) is 10.7. The zero-order valence-electron chi connectivity index (χ0n) is 15.5. The maximum atomic E-state index is 12.3. The lowest BCUT2D eigenvalue weighted by atomic mass is 10.2.